The van der Waals surface area contributed by atoms with Crippen molar-refractivity contribution in [3.8, 4) is 5.75 Å². The monoisotopic (exact) mass is 345 g/mol. The van der Waals surface area contributed by atoms with Crippen molar-refractivity contribution >= 4 is 16.9 Å². The summed E-state index contributed by atoms with van der Waals surface area (Å²) in [5.41, 5.74) is 0.930. The number of amides is 1. The molecule has 0 unspecified atom stereocenters. The fourth-order valence-corrected chi connectivity index (χ4v) is 2.80. The van der Waals surface area contributed by atoms with Gasteiger partial charge in [0, 0.05) is 24.1 Å². The molecule has 1 amide bonds. The Morgan fingerprint density at radius 3 is 2.80 bits per heavy atom. The van der Waals surface area contributed by atoms with Crippen molar-refractivity contribution in [2.45, 2.75) is 46.5 Å². The predicted molar refractivity (Wildman–Crippen MR) is 99.0 cm³/mol. The predicted octanol–water partition coefficient (Wildman–Crippen LogP) is 3.81. The number of fused-ring (bicyclic) bond motifs is 1. The molecule has 1 N–H and O–H groups in total. The molecule has 0 aliphatic carbocycles. The van der Waals surface area contributed by atoms with Gasteiger partial charge in [-0.2, -0.15) is 0 Å². The first-order valence-corrected chi connectivity index (χ1v) is 8.97. The molecule has 0 saturated heterocycles. The lowest BCUT2D eigenvalue weighted by Gasteiger charge is -2.15. The van der Waals surface area contributed by atoms with Crippen molar-refractivity contribution in [2.75, 3.05) is 13.2 Å². The maximum Gasteiger partial charge on any atom is 0.336 e. The van der Waals surface area contributed by atoms with Crippen molar-refractivity contribution in [3.05, 3.63) is 40.2 Å². The Balaban J connectivity index is 1.89. The van der Waals surface area contributed by atoms with Gasteiger partial charge < -0.3 is 14.5 Å². The van der Waals surface area contributed by atoms with Crippen LogP contribution in [-0.4, -0.2) is 19.1 Å². The van der Waals surface area contributed by atoms with Crippen LogP contribution >= 0.6 is 0 Å². The van der Waals surface area contributed by atoms with Gasteiger partial charge in [0.25, 0.3) is 5.91 Å². The number of carbonyl (C=O) groups excluding carboxylic acids is 1. The molecule has 1 heterocycles. The Hall–Kier alpha value is -2.30. The normalized spacial score (nSPS) is 12.1. The molecule has 1 aromatic carbocycles. The Labute approximate surface area is 148 Å². The van der Waals surface area contributed by atoms with E-state index >= 15 is 0 Å². The minimum absolute atomic E-state index is 0.0498. The van der Waals surface area contributed by atoms with E-state index in [1.54, 1.807) is 12.1 Å². The summed E-state index contributed by atoms with van der Waals surface area (Å²) in [5.74, 6) is 0.886. The Kier molecular flexibility index (Phi) is 7.04. The van der Waals surface area contributed by atoms with Gasteiger partial charge >= 0.3 is 5.63 Å². The van der Waals surface area contributed by atoms with E-state index in [-0.39, 0.29) is 12.5 Å². The van der Waals surface area contributed by atoms with Crippen LogP contribution in [-0.2, 0) is 4.79 Å². The number of ether oxygens (including phenoxy) is 1. The van der Waals surface area contributed by atoms with Crippen LogP contribution in [0, 0.1) is 12.8 Å². The number of rotatable bonds is 9. The van der Waals surface area contributed by atoms with E-state index in [2.05, 4.69) is 19.2 Å². The van der Waals surface area contributed by atoms with E-state index in [0.29, 0.717) is 23.8 Å². The molecule has 0 spiro atoms. The van der Waals surface area contributed by atoms with Gasteiger partial charge in [0.1, 0.15) is 11.3 Å². The van der Waals surface area contributed by atoms with Crippen LogP contribution in [0.5, 0.6) is 5.75 Å². The largest absolute Gasteiger partial charge is 0.484 e. The number of hydrogen-bond donors (Lipinski definition) is 1. The summed E-state index contributed by atoms with van der Waals surface area (Å²) >= 11 is 0. The second-order valence-corrected chi connectivity index (χ2v) is 6.42. The highest BCUT2D eigenvalue weighted by Crippen LogP contribution is 2.22. The lowest BCUT2D eigenvalue weighted by Crippen LogP contribution is -2.33. The summed E-state index contributed by atoms with van der Waals surface area (Å²) in [4.78, 5) is 23.4. The van der Waals surface area contributed by atoms with Crippen molar-refractivity contribution in [1.82, 2.24) is 5.32 Å². The van der Waals surface area contributed by atoms with Crippen LogP contribution in [0.4, 0.5) is 0 Å². The molecule has 0 aliphatic heterocycles. The van der Waals surface area contributed by atoms with Crippen LogP contribution in [0.3, 0.4) is 0 Å². The first-order chi connectivity index (χ1) is 12.0. The number of hydrogen-bond acceptors (Lipinski definition) is 4. The quantitative estimate of drug-likeness (QED) is 0.702. The SMILES string of the molecule is CCCC[C@@H](CC)CNC(=O)COc1ccc2c(C)cc(=O)oc2c1. The van der Waals surface area contributed by atoms with Crippen LogP contribution in [0.15, 0.2) is 33.5 Å². The number of aryl methyl sites for hydroxylation is 1. The minimum atomic E-state index is -0.391. The molecule has 5 nitrogen and oxygen atoms in total. The maximum absolute atomic E-state index is 12.0. The smallest absolute Gasteiger partial charge is 0.336 e. The molecule has 25 heavy (non-hydrogen) atoms. The Morgan fingerprint density at radius 1 is 1.28 bits per heavy atom. The van der Waals surface area contributed by atoms with Gasteiger partial charge in [-0.25, -0.2) is 4.79 Å². The molecule has 2 rings (SSSR count). The molecule has 0 bridgehead atoms. The van der Waals surface area contributed by atoms with E-state index in [9.17, 15) is 9.59 Å². The summed E-state index contributed by atoms with van der Waals surface area (Å²) in [6, 6.07) is 6.71. The third-order valence-corrected chi connectivity index (χ3v) is 4.42. The summed E-state index contributed by atoms with van der Waals surface area (Å²) in [6.45, 7) is 6.81. The van der Waals surface area contributed by atoms with Gasteiger partial charge in [-0.05, 0) is 37.0 Å². The third kappa shape index (κ3) is 5.62. The standard InChI is InChI=1S/C20H27NO4/c1-4-6-7-15(5-2)12-21-19(22)13-24-16-8-9-17-14(3)10-20(23)25-18(17)11-16/h8-11,15H,4-7,12-13H2,1-3H3,(H,21,22)/t15-/m1/s1. The lowest BCUT2D eigenvalue weighted by molar-refractivity contribution is -0.123. The molecule has 0 aliphatic rings. The van der Waals surface area contributed by atoms with Crippen molar-refractivity contribution in [3.63, 3.8) is 0 Å². The molecule has 1 aromatic heterocycles. The number of carbonyl (C=O) groups is 1. The first-order valence-electron chi connectivity index (χ1n) is 8.97. The highest BCUT2D eigenvalue weighted by molar-refractivity contribution is 5.81. The Morgan fingerprint density at radius 2 is 2.08 bits per heavy atom. The van der Waals surface area contributed by atoms with Crippen LogP contribution < -0.4 is 15.7 Å². The van der Waals surface area contributed by atoms with Gasteiger partial charge in [-0.1, -0.05) is 33.1 Å². The molecule has 0 fully saturated rings. The Bertz CT molecular complexity index is 766. The highest BCUT2D eigenvalue weighted by atomic mass is 16.5. The highest BCUT2D eigenvalue weighted by Gasteiger charge is 2.10. The van der Waals surface area contributed by atoms with Crippen molar-refractivity contribution in [2.24, 2.45) is 5.92 Å². The van der Waals surface area contributed by atoms with Crippen molar-refractivity contribution < 1.29 is 13.9 Å². The summed E-state index contributed by atoms with van der Waals surface area (Å²) in [5, 5.41) is 3.79. The molecule has 1 atom stereocenters. The van der Waals surface area contributed by atoms with E-state index in [1.807, 2.05) is 13.0 Å². The number of unbranched alkanes of at least 4 members (excludes halogenated alkanes) is 1. The van der Waals surface area contributed by atoms with Gasteiger partial charge in [0.2, 0.25) is 0 Å². The minimum Gasteiger partial charge on any atom is -0.484 e. The van der Waals surface area contributed by atoms with Gasteiger partial charge in [-0.3, -0.25) is 4.79 Å². The second kappa shape index (κ2) is 9.25. The van der Waals surface area contributed by atoms with Gasteiger partial charge in [-0.15, -0.1) is 0 Å². The molecule has 2 aromatic rings. The van der Waals surface area contributed by atoms with Crippen molar-refractivity contribution in [1.29, 1.82) is 0 Å². The summed E-state index contributed by atoms with van der Waals surface area (Å²) in [7, 11) is 0. The molecule has 0 saturated carbocycles. The lowest BCUT2D eigenvalue weighted by atomic mass is 9.99. The summed E-state index contributed by atoms with van der Waals surface area (Å²) in [6.07, 6.45) is 4.55. The maximum atomic E-state index is 12.0. The van der Waals surface area contributed by atoms with E-state index in [4.69, 9.17) is 9.15 Å². The topological polar surface area (TPSA) is 68.5 Å². The average Bonchev–Trinajstić information content (AvgIpc) is 2.59. The zero-order chi connectivity index (χ0) is 18.2. The molecule has 136 valence electrons. The zero-order valence-corrected chi connectivity index (χ0v) is 15.3. The molecular weight excluding hydrogens is 318 g/mol. The van der Waals surface area contributed by atoms with E-state index in [1.165, 1.54) is 18.9 Å². The summed E-state index contributed by atoms with van der Waals surface area (Å²) < 4.78 is 10.7. The first kappa shape index (κ1) is 19.0. The third-order valence-electron chi connectivity index (χ3n) is 4.42. The van der Waals surface area contributed by atoms with E-state index < -0.39 is 5.63 Å². The van der Waals surface area contributed by atoms with Crippen LogP contribution in [0.1, 0.15) is 45.1 Å². The van der Waals surface area contributed by atoms with Crippen LogP contribution in [0.25, 0.3) is 11.0 Å². The van der Waals surface area contributed by atoms with Gasteiger partial charge in [0.15, 0.2) is 6.61 Å². The molecule has 5 heteroatoms. The number of benzene rings is 1. The molecular formula is C20H27NO4. The van der Waals surface area contributed by atoms with Gasteiger partial charge in [0.05, 0.1) is 0 Å². The fraction of sp³-hybridized carbons (Fsp3) is 0.500. The second-order valence-electron chi connectivity index (χ2n) is 6.42. The van der Waals surface area contributed by atoms with E-state index in [0.717, 1.165) is 23.8 Å². The fourth-order valence-electron chi connectivity index (χ4n) is 2.80. The molecule has 0 radical (unpaired) electrons. The number of nitrogens with one attached hydrogen (secondary N) is 1. The zero-order valence-electron chi connectivity index (χ0n) is 15.3. The average molecular weight is 345 g/mol. The van der Waals surface area contributed by atoms with Crippen LogP contribution in [0.2, 0.25) is 0 Å².